The van der Waals surface area contributed by atoms with E-state index >= 15 is 0 Å². The van der Waals surface area contributed by atoms with Crippen LogP contribution in [0.5, 0.6) is 0 Å². The van der Waals surface area contributed by atoms with Crippen LogP contribution in [0.15, 0.2) is 48.5 Å². The molecule has 3 N–H and O–H groups in total. The number of rotatable bonds is 5. The Morgan fingerprint density at radius 3 is 2.62 bits per heavy atom. The van der Waals surface area contributed by atoms with Gasteiger partial charge in [0.2, 0.25) is 0 Å². The fraction of sp³-hybridized carbons (Fsp3) is 0.167. The van der Waals surface area contributed by atoms with E-state index in [2.05, 4.69) is 20.8 Å². The summed E-state index contributed by atoms with van der Waals surface area (Å²) in [6.07, 6.45) is 2.62. The van der Waals surface area contributed by atoms with Gasteiger partial charge in [-0.15, -0.1) is 0 Å². The van der Waals surface area contributed by atoms with E-state index in [1.54, 1.807) is 0 Å². The molecule has 120 valence electrons. The van der Waals surface area contributed by atoms with Crippen molar-refractivity contribution in [3.8, 4) is 0 Å². The molecule has 0 bridgehead atoms. The largest absolute Gasteiger partial charge is 0.373 e. The van der Waals surface area contributed by atoms with Crippen LogP contribution in [0.2, 0.25) is 0 Å². The first-order valence-corrected chi connectivity index (χ1v) is 7.78. The standard InChI is InChI=1S/C18H16N4O2/c23-11-18(8-9-18)20-13-6-7-15-14(10-13)16(22-21-15)17(24)19-12-4-2-1-3-5-12/h1-7,10-11,20H,8-9H2,(H,19,24)(H,21,22). The van der Waals surface area contributed by atoms with Gasteiger partial charge in [0.15, 0.2) is 5.69 Å². The second-order valence-electron chi connectivity index (χ2n) is 6.05. The molecule has 1 saturated carbocycles. The van der Waals surface area contributed by atoms with Gasteiger partial charge in [0.05, 0.1) is 11.1 Å². The third-order valence-electron chi connectivity index (χ3n) is 4.22. The van der Waals surface area contributed by atoms with E-state index in [-0.39, 0.29) is 5.91 Å². The maximum Gasteiger partial charge on any atom is 0.276 e. The van der Waals surface area contributed by atoms with Crippen molar-refractivity contribution in [2.45, 2.75) is 18.4 Å². The van der Waals surface area contributed by atoms with Crippen molar-refractivity contribution < 1.29 is 9.59 Å². The van der Waals surface area contributed by atoms with Crippen molar-refractivity contribution in [1.82, 2.24) is 10.2 Å². The molecule has 6 nitrogen and oxygen atoms in total. The Hall–Kier alpha value is -3.15. The SMILES string of the molecule is O=CC1(Nc2ccc3[nH]nc(C(=O)Nc4ccccc4)c3c2)CC1. The van der Waals surface area contributed by atoms with Crippen LogP contribution >= 0.6 is 0 Å². The summed E-state index contributed by atoms with van der Waals surface area (Å²) < 4.78 is 0. The van der Waals surface area contributed by atoms with Crippen molar-refractivity contribution in [2.75, 3.05) is 10.6 Å². The quantitative estimate of drug-likeness (QED) is 0.631. The summed E-state index contributed by atoms with van der Waals surface area (Å²) in [5, 5.41) is 13.8. The molecule has 1 aromatic heterocycles. The highest BCUT2D eigenvalue weighted by atomic mass is 16.2. The Morgan fingerprint density at radius 2 is 1.92 bits per heavy atom. The number of carbonyl (C=O) groups excluding carboxylic acids is 2. The molecule has 1 aliphatic carbocycles. The summed E-state index contributed by atoms with van der Waals surface area (Å²) in [4.78, 5) is 23.6. The minimum Gasteiger partial charge on any atom is -0.373 e. The number of nitrogens with zero attached hydrogens (tertiary/aromatic N) is 1. The fourth-order valence-corrected chi connectivity index (χ4v) is 2.67. The number of H-pyrrole nitrogens is 1. The average Bonchev–Trinajstić information content (AvgIpc) is 3.25. The van der Waals surface area contributed by atoms with Crippen LogP contribution in [0, 0.1) is 0 Å². The van der Waals surface area contributed by atoms with Gasteiger partial charge >= 0.3 is 0 Å². The number of aldehydes is 1. The van der Waals surface area contributed by atoms with Crippen LogP contribution in [-0.4, -0.2) is 27.9 Å². The number of anilines is 2. The summed E-state index contributed by atoms with van der Waals surface area (Å²) in [5.74, 6) is -0.277. The number of carbonyl (C=O) groups is 2. The Morgan fingerprint density at radius 1 is 1.12 bits per heavy atom. The minimum absolute atomic E-state index is 0.277. The zero-order chi connectivity index (χ0) is 16.6. The Bertz CT molecular complexity index is 913. The normalized spacial score (nSPS) is 15.0. The molecule has 1 heterocycles. The van der Waals surface area contributed by atoms with Crippen molar-refractivity contribution in [2.24, 2.45) is 0 Å². The molecule has 3 aromatic rings. The van der Waals surface area contributed by atoms with Gasteiger partial charge in [-0.1, -0.05) is 18.2 Å². The molecule has 0 atom stereocenters. The molecular formula is C18H16N4O2. The number of hydrogen-bond acceptors (Lipinski definition) is 4. The molecule has 1 aliphatic rings. The number of aromatic amines is 1. The maximum absolute atomic E-state index is 12.5. The molecule has 0 spiro atoms. The maximum atomic E-state index is 12.5. The lowest BCUT2D eigenvalue weighted by Gasteiger charge is -2.11. The summed E-state index contributed by atoms with van der Waals surface area (Å²) in [6, 6.07) is 14.8. The molecule has 6 heteroatoms. The van der Waals surface area contributed by atoms with Crippen molar-refractivity contribution in [3.05, 3.63) is 54.2 Å². The van der Waals surface area contributed by atoms with Gasteiger partial charge in [-0.05, 0) is 43.2 Å². The molecule has 2 aromatic carbocycles. The first-order valence-electron chi connectivity index (χ1n) is 7.78. The van der Waals surface area contributed by atoms with Gasteiger partial charge < -0.3 is 15.4 Å². The lowest BCUT2D eigenvalue weighted by atomic mass is 10.1. The van der Waals surface area contributed by atoms with Gasteiger partial charge in [-0.25, -0.2) is 0 Å². The molecule has 4 rings (SSSR count). The predicted octanol–water partition coefficient (Wildman–Crippen LogP) is 2.96. The molecule has 0 unspecified atom stereocenters. The molecular weight excluding hydrogens is 304 g/mol. The van der Waals surface area contributed by atoms with Gasteiger partial charge in [0.25, 0.3) is 5.91 Å². The highest BCUT2D eigenvalue weighted by molar-refractivity contribution is 6.11. The number of amides is 1. The highest BCUT2D eigenvalue weighted by Crippen LogP contribution is 2.37. The fourth-order valence-electron chi connectivity index (χ4n) is 2.67. The van der Waals surface area contributed by atoms with Crippen LogP contribution in [0.25, 0.3) is 10.9 Å². The number of nitrogens with one attached hydrogen (secondary N) is 3. The predicted molar refractivity (Wildman–Crippen MR) is 92.1 cm³/mol. The third kappa shape index (κ3) is 2.62. The lowest BCUT2D eigenvalue weighted by molar-refractivity contribution is -0.109. The number of fused-ring (bicyclic) bond motifs is 1. The Labute approximate surface area is 138 Å². The molecule has 1 fully saturated rings. The first kappa shape index (κ1) is 14.4. The van der Waals surface area contributed by atoms with Gasteiger partial charge in [0.1, 0.15) is 6.29 Å². The molecule has 0 aliphatic heterocycles. The molecule has 0 radical (unpaired) electrons. The summed E-state index contributed by atoms with van der Waals surface area (Å²) >= 11 is 0. The average molecular weight is 320 g/mol. The third-order valence-corrected chi connectivity index (χ3v) is 4.22. The van der Waals surface area contributed by atoms with Gasteiger partial charge in [-0.2, -0.15) is 5.10 Å². The van der Waals surface area contributed by atoms with Crippen LogP contribution in [0.3, 0.4) is 0 Å². The zero-order valence-corrected chi connectivity index (χ0v) is 12.9. The van der Waals surface area contributed by atoms with Crippen molar-refractivity contribution in [1.29, 1.82) is 0 Å². The summed E-state index contributed by atoms with van der Waals surface area (Å²) in [6.45, 7) is 0. The van der Waals surface area contributed by atoms with Crippen molar-refractivity contribution >= 4 is 34.5 Å². The van der Waals surface area contributed by atoms with Crippen LogP contribution < -0.4 is 10.6 Å². The van der Waals surface area contributed by atoms with E-state index in [9.17, 15) is 9.59 Å². The van der Waals surface area contributed by atoms with Crippen LogP contribution in [0.1, 0.15) is 23.3 Å². The number of aromatic nitrogens is 2. The number of benzene rings is 2. The second kappa shape index (κ2) is 5.49. The van der Waals surface area contributed by atoms with Gasteiger partial charge in [0, 0.05) is 16.8 Å². The monoisotopic (exact) mass is 320 g/mol. The lowest BCUT2D eigenvalue weighted by Crippen LogP contribution is -2.22. The van der Waals surface area contributed by atoms with E-state index < -0.39 is 5.54 Å². The minimum atomic E-state index is -0.441. The van der Waals surface area contributed by atoms with E-state index in [1.165, 1.54) is 0 Å². The van der Waals surface area contributed by atoms with Crippen LogP contribution in [0.4, 0.5) is 11.4 Å². The van der Waals surface area contributed by atoms with Crippen molar-refractivity contribution in [3.63, 3.8) is 0 Å². The van der Waals surface area contributed by atoms with Gasteiger partial charge in [-0.3, -0.25) is 9.89 Å². The number of hydrogen-bond donors (Lipinski definition) is 3. The van der Waals surface area contributed by atoms with Crippen LogP contribution in [-0.2, 0) is 4.79 Å². The second-order valence-corrected chi connectivity index (χ2v) is 6.05. The number of para-hydroxylation sites is 1. The Kier molecular flexibility index (Phi) is 3.30. The Balaban J connectivity index is 1.63. The zero-order valence-electron chi connectivity index (χ0n) is 12.9. The molecule has 0 saturated heterocycles. The first-order chi connectivity index (χ1) is 11.7. The van der Waals surface area contributed by atoms with E-state index in [1.807, 2.05) is 48.5 Å². The highest BCUT2D eigenvalue weighted by Gasteiger charge is 2.42. The van der Waals surface area contributed by atoms with E-state index in [4.69, 9.17) is 0 Å². The smallest absolute Gasteiger partial charge is 0.276 e. The topological polar surface area (TPSA) is 86.9 Å². The van der Waals surface area contributed by atoms with E-state index in [0.717, 1.165) is 35.7 Å². The molecule has 24 heavy (non-hydrogen) atoms. The summed E-state index contributed by atoms with van der Waals surface area (Å²) in [5.41, 5.74) is 2.18. The summed E-state index contributed by atoms with van der Waals surface area (Å²) in [7, 11) is 0. The molecule has 1 amide bonds. The van der Waals surface area contributed by atoms with E-state index in [0.29, 0.717) is 11.4 Å².